The van der Waals surface area contributed by atoms with Gasteiger partial charge in [-0.15, -0.1) is 0 Å². The van der Waals surface area contributed by atoms with E-state index < -0.39 is 16.1 Å². The minimum Gasteiger partial charge on any atom is -0.325 e. The summed E-state index contributed by atoms with van der Waals surface area (Å²) in [5.74, 6) is -0.229. The highest BCUT2D eigenvalue weighted by molar-refractivity contribution is 7.89. The average Bonchev–Trinajstić information content (AvgIpc) is 2.62. The number of amides is 1. The number of hydrogen-bond acceptors (Lipinski definition) is 4. The molecular formula is C19H25N3O3S. The molecule has 2 atom stereocenters. The third-order valence-electron chi connectivity index (χ3n) is 4.07. The van der Waals surface area contributed by atoms with Gasteiger partial charge in [0.25, 0.3) is 0 Å². The van der Waals surface area contributed by atoms with Crippen molar-refractivity contribution in [3.63, 3.8) is 0 Å². The number of sulfonamides is 1. The summed E-state index contributed by atoms with van der Waals surface area (Å²) in [5, 5.41) is 6.01. The molecule has 0 aliphatic rings. The van der Waals surface area contributed by atoms with Crippen LogP contribution in [0.3, 0.4) is 0 Å². The summed E-state index contributed by atoms with van der Waals surface area (Å²) < 4.78 is 25.6. The third-order valence-corrected chi connectivity index (χ3v) is 5.88. The molecule has 0 aliphatic carbocycles. The third kappa shape index (κ3) is 4.91. The summed E-state index contributed by atoms with van der Waals surface area (Å²) in [6.45, 7) is 3.76. The Kier molecular flexibility index (Phi) is 6.52. The van der Waals surface area contributed by atoms with Crippen LogP contribution in [0.15, 0.2) is 59.5 Å². The quantitative estimate of drug-likeness (QED) is 0.780. The molecule has 6 nitrogen and oxygen atoms in total. The molecule has 2 N–H and O–H groups in total. The highest BCUT2D eigenvalue weighted by Crippen LogP contribution is 2.18. The van der Waals surface area contributed by atoms with Crippen molar-refractivity contribution < 1.29 is 13.2 Å². The van der Waals surface area contributed by atoms with Gasteiger partial charge < -0.3 is 5.32 Å². The van der Waals surface area contributed by atoms with Crippen molar-refractivity contribution in [3.05, 3.63) is 60.2 Å². The lowest BCUT2D eigenvalue weighted by Gasteiger charge is -2.20. The van der Waals surface area contributed by atoms with Gasteiger partial charge in [-0.05, 0) is 37.6 Å². The minimum absolute atomic E-state index is 0.0115. The van der Waals surface area contributed by atoms with Crippen molar-refractivity contribution in [2.45, 2.75) is 30.8 Å². The van der Waals surface area contributed by atoms with E-state index >= 15 is 0 Å². The number of carbonyl (C=O) groups excluding carboxylic acids is 1. The Balaban J connectivity index is 2.05. The van der Waals surface area contributed by atoms with Gasteiger partial charge in [0.1, 0.15) is 0 Å². The highest BCUT2D eigenvalue weighted by Gasteiger charge is 2.19. The van der Waals surface area contributed by atoms with Gasteiger partial charge in [0.05, 0.1) is 10.9 Å². The summed E-state index contributed by atoms with van der Waals surface area (Å²) in [4.78, 5) is 12.6. The Morgan fingerprint density at radius 1 is 1.00 bits per heavy atom. The summed E-state index contributed by atoms with van der Waals surface area (Å²) in [6, 6.07) is 15.7. The van der Waals surface area contributed by atoms with Crippen molar-refractivity contribution >= 4 is 21.6 Å². The summed E-state index contributed by atoms with van der Waals surface area (Å²) in [6.07, 6.45) is 0. The molecule has 26 heavy (non-hydrogen) atoms. The normalized spacial score (nSPS) is 14.0. The lowest BCUT2D eigenvalue weighted by molar-refractivity contribution is -0.117. The monoisotopic (exact) mass is 375 g/mol. The molecular weight excluding hydrogens is 350 g/mol. The summed E-state index contributed by atoms with van der Waals surface area (Å²) in [5.41, 5.74) is 1.53. The highest BCUT2D eigenvalue weighted by atomic mass is 32.2. The van der Waals surface area contributed by atoms with Gasteiger partial charge in [-0.2, -0.15) is 0 Å². The molecule has 0 unspecified atom stereocenters. The number of carbonyl (C=O) groups is 1. The van der Waals surface area contributed by atoms with E-state index in [1.807, 2.05) is 37.3 Å². The maximum atomic E-state index is 12.4. The van der Waals surface area contributed by atoms with E-state index in [1.54, 1.807) is 19.1 Å². The molecule has 0 radical (unpaired) electrons. The maximum absolute atomic E-state index is 12.4. The second-order valence-corrected chi connectivity index (χ2v) is 8.48. The number of nitrogens with zero attached hydrogens (tertiary/aromatic N) is 1. The fourth-order valence-corrected chi connectivity index (χ4v) is 3.43. The Hall–Kier alpha value is -2.22. The molecule has 140 valence electrons. The first-order valence-corrected chi connectivity index (χ1v) is 9.80. The van der Waals surface area contributed by atoms with Gasteiger partial charge in [0, 0.05) is 25.8 Å². The van der Waals surface area contributed by atoms with Crippen LogP contribution in [0.1, 0.15) is 25.5 Å². The first-order valence-electron chi connectivity index (χ1n) is 8.36. The maximum Gasteiger partial charge on any atom is 0.242 e. The fraction of sp³-hybridized carbons (Fsp3) is 0.316. The molecule has 0 spiro atoms. The van der Waals surface area contributed by atoms with Crippen LogP contribution < -0.4 is 10.6 Å². The molecule has 2 rings (SSSR count). The minimum atomic E-state index is -3.54. The van der Waals surface area contributed by atoms with Gasteiger partial charge in [0.2, 0.25) is 15.9 Å². The first-order chi connectivity index (χ1) is 12.2. The summed E-state index contributed by atoms with van der Waals surface area (Å²) >= 11 is 0. The first kappa shape index (κ1) is 20.1. The predicted octanol–water partition coefficient (Wildman–Crippen LogP) is 2.61. The van der Waals surface area contributed by atoms with Crippen LogP contribution in [-0.2, 0) is 14.8 Å². The molecule has 0 fully saturated rings. The molecule has 0 saturated heterocycles. The molecule has 0 heterocycles. The Morgan fingerprint density at radius 3 is 2.27 bits per heavy atom. The van der Waals surface area contributed by atoms with Crippen molar-refractivity contribution in [2.75, 3.05) is 19.4 Å². The Labute approximate surface area is 155 Å². The van der Waals surface area contributed by atoms with Gasteiger partial charge in [-0.1, -0.05) is 36.4 Å². The molecule has 0 aliphatic heterocycles. The van der Waals surface area contributed by atoms with Crippen molar-refractivity contribution in [1.29, 1.82) is 0 Å². The average molecular weight is 375 g/mol. The molecule has 0 aromatic heterocycles. The second-order valence-electron chi connectivity index (χ2n) is 6.33. The van der Waals surface area contributed by atoms with E-state index in [2.05, 4.69) is 10.6 Å². The van der Waals surface area contributed by atoms with Crippen molar-refractivity contribution in [3.8, 4) is 0 Å². The van der Waals surface area contributed by atoms with Gasteiger partial charge in [-0.3, -0.25) is 10.1 Å². The van der Waals surface area contributed by atoms with E-state index in [1.165, 1.54) is 26.2 Å². The number of rotatable bonds is 7. The van der Waals surface area contributed by atoms with Crippen LogP contribution in [0.25, 0.3) is 0 Å². The molecule has 0 saturated carbocycles. The zero-order valence-corrected chi connectivity index (χ0v) is 16.2. The van der Waals surface area contributed by atoms with E-state index in [9.17, 15) is 13.2 Å². The van der Waals surface area contributed by atoms with Crippen molar-refractivity contribution in [1.82, 2.24) is 9.62 Å². The molecule has 2 aromatic carbocycles. The van der Waals surface area contributed by atoms with Gasteiger partial charge >= 0.3 is 0 Å². The molecule has 7 heteroatoms. The predicted molar refractivity (Wildman–Crippen MR) is 103 cm³/mol. The van der Waals surface area contributed by atoms with E-state index in [-0.39, 0.29) is 16.8 Å². The second kappa shape index (κ2) is 8.44. The van der Waals surface area contributed by atoms with Crippen LogP contribution in [0.2, 0.25) is 0 Å². The number of nitrogens with one attached hydrogen (secondary N) is 2. The Morgan fingerprint density at radius 2 is 1.65 bits per heavy atom. The van der Waals surface area contributed by atoms with E-state index in [0.717, 1.165) is 9.87 Å². The fourth-order valence-electron chi connectivity index (χ4n) is 2.48. The van der Waals surface area contributed by atoms with Crippen LogP contribution in [0, 0.1) is 0 Å². The Bertz CT molecular complexity index is 851. The van der Waals surface area contributed by atoms with Crippen LogP contribution >= 0.6 is 0 Å². The standard InChI is InChI=1S/C19H25N3O3S/c1-14(16-9-6-5-7-10-16)20-15(2)19(23)21-17-11-8-12-18(13-17)26(24,25)22(3)4/h5-15,20H,1-4H3,(H,21,23)/t14-,15+/m1/s1. The largest absolute Gasteiger partial charge is 0.325 e. The number of benzene rings is 2. The van der Waals surface area contributed by atoms with Crippen LogP contribution in [0.5, 0.6) is 0 Å². The topological polar surface area (TPSA) is 78.5 Å². The smallest absolute Gasteiger partial charge is 0.242 e. The molecule has 0 bridgehead atoms. The number of hydrogen-bond donors (Lipinski definition) is 2. The molecule has 1 amide bonds. The summed E-state index contributed by atoms with van der Waals surface area (Å²) in [7, 11) is -0.604. The lowest BCUT2D eigenvalue weighted by atomic mass is 10.1. The van der Waals surface area contributed by atoms with E-state index in [0.29, 0.717) is 5.69 Å². The van der Waals surface area contributed by atoms with Crippen LogP contribution in [0.4, 0.5) is 5.69 Å². The molecule has 2 aromatic rings. The zero-order valence-electron chi connectivity index (χ0n) is 15.4. The van der Waals surface area contributed by atoms with Crippen LogP contribution in [-0.4, -0.2) is 38.8 Å². The number of anilines is 1. The SMILES string of the molecule is C[C@H](N[C@H](C)c1ccccc1)C(=O)Nc1cccc(S(=O)(=O)N(C)C)c1. The van der Waals surface area contributed by atoms with Gasteiger partial charge in [0.15, 0.2) is 0 Å². The van der Waals surface area contributed by atoms with Crippen molar-refractivity contribution in [2.24, 2.45) is 0 Å². The zero-order chi connectivity index (χ0) is 19.3. The van der Waals surface area contributed by atoms with Gasteiger partial charge in [-0.25, -0.2) is 12.7 Å². The lowest BCUT2D eigenvalue weighted by Crippen LogP contribution is -2.39. The van der Waals surface area contributed by atoms with E-state index in [4.69, 9.17) is 0 Å².